The average molecular weight is 431 g/mol. The van der Waals surface area contributed by atoms with Gasteiger partial charge in [0.25, 0.3) is 5.78 Å². The number of nitrogens with zero attached hydrogens (tertiary/aromatic N) is 5. The van der Waals surface area contributed by atoms with Crippen LogP contribution in [0.1, 0.15) is 66.0 Å². The van der Waals surface area contributed by atoms with Gasteiger partial charge in [0.05, 0.1) is 12.3 Å². The molecule has 1 saturated heterocycles. The van der Waals surface area contributed by atoms with E-state index in [2.05, 4.69) is 34.2 Å². The molecular weight excluding hydrogens is 396 g/mol. The maximum absolute atomic E-state index is 12.5. The highest BCUT2D eigenvalue weighted by molar-refractivity contribution is 5.69. The Labute approximate surface area is 183 Å². The molecule has 2 aliphatic rings. The molecule has 170 valence electrons. The first-order chi connectivity index (χ1) is 14.6. The van der Waals surface area contributed by atoms with Crippen LogP contribution in [0, 0.1) is 11.8 Å². The minimum absolute atomic E-state index is 0.185. The lowest BCUT2D eigenvalue weighted by Crippen LogP contribution is -2.44. The molecule has 2 fully saturated rings. The fraction of sp³-hybridized carbons (Fsp3) is 0.727. The molecule has 0 aromatic carbocycles. The number of aromatic nitrogens is 4. The Balaban J connectivity index is 1.44. The number of carbonyl (C=O) groups excluding carboxylic acids is 1. The summed E-state index contributed by atoms with van der Waals surface area (Å²) in [6.07, 6.45) is 1.85. The van der Waals surface area contributed by atoms with Crippen molar-refractivity contribution in [2.45, 2.75) is 71.9 Å². The number of piperidine rings is 1. The van der Waals surface area contributed by atoms with Gasteiger partial charge in [-0.3, -0.25) is 0 Å². The van der Waals surface area contributed by atoms with E-state index in [4.69, 9.17) is 9.47 Å². The predicted molar refractivity (Wildman–Crippen MR) is 117 cm³/mol. The third kappa shape index (κ3) is 4.55. The van der Waals surface area contributed by atoms with Crippen LogP contribution in [-0.2, 0) is 4.74 Å². The molecule has 3 atom stereocenters. The summed E-state index contributed by atoms with van der Waals surface area (Å²) in [6, 6.07) is 2.65. The molecular formula is C22H34N6O3. The molecule has 3 heterocycles. The van der Waals surface area contributed by atoms with Gasteiger partial charge in [-0.1, -0.05) is 13.8 Å². The number of likely N-dealkylation sites (tertiary alicyclic amines) is 1. The lowest BCUT2D eigenvalue weighted by molar-refractivity contribution is 0.0165. The normalized spacial score (nSPS) is 23.1. The number of ether oxygens (including phenoxy) is 2. The van der Waals surface area contributed by atoms with Gasteiger partial charge < -0.3 is 19.7 Å². The van der Waals surface area contributed by atoms with Gasteiger partial charge in [0.2, 0.25) is 0 Å². The first kappa shape index (κ1) is 21.6. The average Bonchev–Trinajstić information content (AvgIpc) is 3.38. The summed E-state index contributed by atoms with van der Waals surface area (Å²) < 4.78 is 12.8. The van der Waals surface area contributed by atoms with Crippen molar-refractivity contribution in [2.75, 3.05) is 25.0 Å². The van der Waals surface area contributed by atoms with Gasteiger partial charge in [0, 0.05) is 25.2 Å². The molecule has 9 nitrogen and oxygen atoms in total. The molecule has 0 radical (unpaired) electrons. The van der Waals surface area contributed by atoms with E-state index in [1.165, 1.54) is 0 Å². The number of carbonyl (C=O) groups is 1. The van der Waals surface area contributed by atoms with Gasteiger partial charge in [0.15, 0.2) is 0 Å². The summed E-state index contributed by atoms with van der Waals surface area (Å²) in [4.78, 5) is 23.4. The lowest BCUT2D eigenvalue weighted by atomic mass is 9.94. The fourth-order valence-corrected chi connectivity index (χ4v) is 4.57. The van der Waals surface area contributed by atoms with Crippen molar-refractivity contribution in [3.8, 4) is 6.01 Å². The van der Waals surface area contributed by atoms with Gasteiger partial charge in [-0.05, 0) is 58.3 Å². The minimum atomic E-state index is -0.459. The van der Waals surface area contributed by atoms with Gasteiger partial charge >= 0.3 is 12.1 Å². The van der Waals surface area contributed by atoms with Crippen LogP contribution in [0.4, 0.5) is 10.6 Å². The summed E-state index contributed by atoms with van der Waals surface area (Å²) >= 11 is 0. The van der Waals surface area contributed by atoms with Crippen molar-refractivity contribution < 1.29 is 14.3 Å². The van der Waals surface area contributed by atoms with Crippen molar-refractivity contribution in [3.63, 3.8) is 0 Å². The van der Waals surface area contributed by atoms with Crippen LogP contribution >= 0.6 is 0 Å². The van der Waals surface area contributed by atoms with Crippen molar-refractivity contribution in [2.24, 2.45) is 11.8 Å². The Morgan fingerprint density at radius 2 is 2.06 bits per heavy atom. The molecule has 1 aliphatic carbocycles. The maximum Gasteiger partial charge on any atom is 0.410 e. The number of rotatable bonds is 6. The highest BCUT2D eigenvalue weighted by Crippen LogP contribution is 2.42. The zero-order valence-electron chi connectivity index (χ0n) is 19.4. The van der Waals surface area contributed by atoms with Crippen LogP contribution in [0.3, 0.4) is 0 Å². The molecule has 1 N–H and O–H groups in total. The van der Waals surface area contributed by atoms with E-state index in [1.54, 1.807) is 4.52 Å². The Bertz CT molecular complexity index is 951. The number of nitrogens with one attached hydrogen (secondary N) is 1. The molecule has 0 unspecified atom stereocenters. The number of fused-ring (bicyclic) bond motifs is 3. The SMILES string of the molecule is CCOc1nc2nc(C(C)C)cc(NC[C@@H]3C[C@@H]4C[C@H]3CN4C(=O)OC(C)(C)C)n2n1. The topological polar surface area (TPSA) is 93.9 Å². The first-order valence-corrected chi connectivity index (χ1v) is 11.3. The third-order valence-electron chi connectivity index (χ3n) is 6.04. The van der Waals surface area contributed by atoms with Crippen LogP contribution in [0.5, 0.6) is 6.01 Å². The first-order valence-electron chi connectivity index (χ1n) is 11.3. The van der Waals surface area contributed by atoms with E-state index in [1.807, 2.05) is 38.7 Å². The molecule has 9 heteroatoms. The summed E-state index contributed by atoms with van der Waals surface area (Å²) in [6.45, 7) is 14.0. The van der Waals surface area contributed by atoms with E-state index < -0.39 is 5.60 Å². The Kier molecular flexibility index (Phi) is 5.70. The highest BCUT2D eigenvalue weighted by atomic mass is 16.6. The van der Waals surface area contributed by atoms with E-state index in [0.29, 0.717) is 30.2 Å². The number of anilines is 1. The van der Waals surface area contributed by atoms with Crippen LogP contribution < -0.4 is 10.1 Å². The number of hydrogen-bond donors (Lipinski definition) is 1. The maximum atomic E-state index is 12.5. The minimum Gasteiger partial charge on any atom is -0.463 e. The predicted octanol–water partition coefficient (Wildman–Crippen LogP) is 3.70. The van der Waals surface area contributed by atoms with Crippen LogP contribution in [-0.4, -0.2) is 61.9 Å². The zero-order valence-corrected chi connectivity index (χ0v) is 19.4. The van der Waals surface area contributed by atoms with Gasteiger partial charge in [0.1, 0.15) is 11.4 Å². The monoisotopic (exact) mass is 430 g/mol. The molecule has 2 aromatic rings. The highest BCUT2D eigenvalue weighted by Gasteiger charge is 2.47. The van der Waals surface area contributed by atoms with Crippen LogP contribution in [0.2, 0.25) is 0 Å². The second kappa shape index (κ2) is 8.16. The largest absolute Gasteiger partial charge is 0.463 e. The fourth-order valence-electron chi connectivity index (χ4n) is 4.57. The van der Waals surface area contributed by atoms with E-state index in [0.717, 1.165) is 37.4 Å². The zero-order chi connectivity index (χ0) is 22.3. The summed E-state index contributed by atoms with van der Waals surface area (Å²) in [5.74, 6) is 2.69. The molecule has 2 aromatic heterocycles. The number of amides is 1. The van der Waals surface area contributed by atoms with Crippen molar-refractivity contribution in [3.05, 3.63) is 11.8 Å². The van der Waals surface area contributed by atoms with Crippen LogP contribution in [0.25, 0.3) is 5.78 Å². The van der Waals surface area contributed by atoms with Gasteiger partial charge in [-0.25, -0.2) is 9.78 Å². The summed E-state index contributed by atoms with van der Waals surface area (Å²) in [5, 5.41) is 8.03. The molecule has 2 bridgehead atoms. The third-order valence-corrected chi connectivity index (χ3v) is 6.04. The molecule has 4 rings (SSSR count). The van der Waals surface area contributed by atoms with Gasteiger partial charge in [-0.2, -0.15) is 9.50 Å². The molecule has 0 spiro atoms. The second-order valence-electron chi connectivity index (χ2n) is 9.92. The summed E-state index contributed by atoms with van der Waals surface area (Å²) in [5.41, 5.74) is 0.508. The molecule has 31 heavy (non-hydrogen) atoms. The van der Waals surface area contributed by atoms with Crippen molar-refractivity contribution in [1.29, 1.82) is 0 Å². The van der Waals surface area contributed by atoms with E-state index in [9.17, 15) is 4.79 Å². The molecule has 1 saturated carbocycles. The van der Waals surface area contributed by atoms with Crippen LogP contribution in [0.15, 0.2) is 6.07 Å². The molecule has 1 amide bonds. The summed E-state index contributed by atoms with van der Waals surface area (Å²) in [7, 11) is 0. The Morgan fingerprint density at radius 1 is 1.29 bits per heavy atom. The van der Waals surface area contributed by atoms with E-state index >= 15 is 0 Å². The second-order valence-corrected chi connectivity index (χ2v) is 9.92. The lowest BCUT2D eigenvalue weighted by Gasteiger charge is -2.33. The quantitative estimate of drug-likeness (QED) is 0.747. The van der Waals surface area contributed by atoms with Gasteiger partial charge in [-0.15, -0.1) is 5.10 Å². The Hall–Kier alpha value is -2.58. The number of hydrogen-bond acceptors (Lipinski definition) is 7. The van der Waals surface area contributed by atoms with E-state index in [-0.39, 0.29) is 18.1 Å². The standard InChI is InChI=1S/C22H34N6O3/c1-7-30-20-25-19-24-17(13(2)3)10-18(28(19)26-20)23-11-14-8-16-9-15(14)12-27(16)21(29)31-22(4,5)6/h10,13-16,23H,7-9,11-12H2,1-6H3/t14-,15-,16+/m0/s1. The molecule has 1 aliphatic heterocycles. The smallest absolute Gasteiger partial charge is 0.410 e. The van der Waals surface area contributed by atoms with Crippen molar-refractivity contribution >= 4 is 17.7 Å². The Morgan fingerprint density at radius 3 is 2.68 bits per heavy atom. The van der Waals surface area contributed by atoms with Crippen molar-refractivity contribution in [1.82, 2.24) is 24.5 Å².